The standard InChI is InChI=1S/C12H14BrN3O/c13-9-2-1-3-10-11(9)15-12(17)16(10)7-8-4-5-14-6-8/h1-3,8,14H,4-7H2,(H,15,17). The van der Waals surface area contributed by atoms with Gasteiger partial charge in [0.2, 0.25) is 0 Å². The summed E-state index contributed by atoms with van der Waals surface area (Å²) < 4.78 is 2.79. The maximum absolute atomic E-state index is 11.9. The fourth-order valence-electron chi connectivity index (χ4n) is 2.45. The fourth-order valence-corrected chi connectivity index (χ4v) is 2.91. The number of hydrogen-bond acceptors (Lipinski definition) is 2. The van der Waals surface area contributed by atoms with Crippen molar-refractivity contribution in [2.75, 3.05) is 13.1 Å². The predicted molar refractivity (Wildman–Crippen MR) is 71.2 cm³/mol. The molecule has 1 saturated heterocycles. The van der Waals surface area contributed by atoms with E-state index in [0.717, 1.165) is 41.6 Å². The molecule has 1 unspecified atom stereocenters. The van der Waals surface area contributed by atoms with Crippen LogP contribution in [0.5, 0.6) is 0 Å². The second-order valence-corrected chi connectivity index (χ2v) is 5.39. The first-order valence-corrected chi connectivity index (χ1v) is 6.63. The molecule has 2 N–H and O–H groups in total. The van der Waals surface area contributed by atoms with Gasteiger partial charge >= 0.3 is 5.69 Å². The minimum atomic E-state index is -0.0150. The van der Waals surface area contributed by atoms with Crippen molar-refractivity contribution >= 4 is 27.0 Å². The highest BCUT2D eigenvalue weighted by molar-refractivity contribution is 9.10. The topological polar surface area (TPSA) is 49.8 Å². The van der Waals surface area contributed by atoms with Crippen molar-refractivity contribution in [2.24, 2.45) is 5.92 Å². The molecule has 17 heavy (non-hydrogen) atoms. The Hall–Kier alpha value is -1.07. The van der Waals surface area contributed by atoms with Crippen LogP contribution in [0.4, 0.5) is 0 Å². The number of benzene rings is 1. The Morgan fingerprint density at radius 3 is 3.12 bits per heavy atom. The molecular formula is C12H14BrN3O. The van der Waals surface area contributed by atoms with Crippen LogP contribution in [0.15, 0.2) is 27.5 Å². The van der Waals surface area contributed by atoms with Crippen LogP contribution in [0, 0.1) is 5.92 Å². The Bertz CT molecular complexity index is 595. The summed E-state index contributed by atoms with van der Waals surface area (Å²) in [7, 11) is 0. The molecule has 90 valence electrons. The summed E-state index contributed by atoms with van der Waals surface area (Å²) in [5.74, 6) is 0.561. The number of fused-ring (bicyclic) bond motifs is 1. The highest BCUT2D eigenvalue weighted by Gasteiger charge is 2.17. The van der Waals surface area contributed by atoms with Crippen LogP contribution in [-0.4, -0.2) is 22.6 Å². The van der Waals surface area contributed by atoms with E-state index in [-0.39, 0.29) is 5.69 Å². The second kappa shape index (κ2) is 4.31. The Balaban J connectivity index is 2.06. The average molecular weight is 296 g/mol. The van der Waals surface area contributed by atoms with Crippen molar-refractivity contribution in [3.63, 3.8) is 0 Å². The molecule has 0 amide bonds. The van der Waals surface area contributed by atoms with Crippen molar-refractivity contribution in [3.8, 4) is 0 Å². The molecule has 0 saturated carbocycles. The van der Waals surface area contributed by atoms with E-state index in [1.807, 2.05) is 22.8 Å². The summed E-state index contributed by atoms with van der Waals surface area (Å²) in [6, 6.07) is 5.89. The van der Waals surface area contributed by atoms with Crippen molar-refractivity contribution < 1.29 is 0 Å². The number of hydrogen-bond donors (Lipinski definition) is 2. The molecular weight excluding hydrogens is 282 g/mol. The number of halogens is 1. The molecule has 0 spiro atoms. The number of nitrogens with zero attached hydrogens (tertiary/aromatic N) is 1. The predicted octanol–water partition coefficient (Wildman–Crippen LogP) is 1.70. The maximum atomic E-state index is 11.9. The lowest BCUT2D eigenvalue weighted by Crippen LogP contribution is -2.22. The smallest absolute Gasteiger partial charge is 0.316 e. The SMILES string of the molecule is O=c1[nH]c2c(Br)cccc2n1CC1CCNC1. The van der Waals surface area contributed by atoms with E-state index < -0.39 is 0 Å². The van der Waals surface area contributed by atoms with Gasteiger partial charge in [0.25, 0.3) is 0 Å². The van der Waals surface area contributed by atoms with Crippen LogP contribution in [-0.2, 0) is 6.54 Å². The van der Waals surface area contributed by atoms with Crippen molar-refractivity contribution in [3.05, 3.63) is 33.2 Å². The first-order chi connectivity index (χ1) is 8.25. The van der Waals surface area contributed by atoms with E-state index in [1.54, 1.807) is 0 Å². The maximum Gasteiger partial charge on any atom is 0.326 e. The Morgan fingerprint density at radius 1 is 1.47 bits per heavy atom. The number of para-hydroxylation sites is 1. The molecule has 1 aliphatic heterocycles. The van der Waals surface area contributed by atoms with Gasteiger partial charge in [-0.15, -0.1) is 0 Å². The van der Waals surface area contributed by atoms with Crippen molar-refractivity contribution in [1.82, 2.24) is 14.9 Å². The summed E-state index contributed by atoms with van der Waals surface area (Å²) in [6.07, 6.45) is 1.15. The van der Waals surface area contributed by atoms with Crippen LogP contribution >= 0.6 is 15.9 Å². The molecule has 2 aromatic rings. The third-order valence-corrected chi connectivity index (χ3v) is 4.02. The van der Waals surface area contributed by atoms with E-state index in [9.17, 15) is 4.79 Å². The van der Waals surface area contributed by atoms with Crippen LogP contribution in [0.3, 0.4) is 0 Å². The zero-order chi connectivity index (χ0) is 11.8. The van der Waals surface area contributed by atoms with Crippen molar-refractivity contribution in [1.29, 1.82) is 0 Å². The van der Waals surface area contributed by atoms with Gasteiger partial charge in [-0.3, -0.25) is 4.57 Å². The summed E-state index contributed by atoms with van der Waals surface area (Å²) >= 11 is 3.46. The van der Waals surface area contributed by atoms with Crippen molar-refractivity contribution in [2.45, 2.75) is 13.0 Å². The largest absolute Gasteiger partial charge is 0.326 e. The third kappa shape index (κ3) is 1.93. The number of aromatic amines is 1. The normalized spacial score (nSPS) is 20.2. The molecule has 1 fully saturated rings. The van der Waals surface area contributed by atoms with Gasteiger partial charge in [0.05, 0.1) is 11.0 Å². The number of nitrogens with one attached hydrogen (secondary N) is 2. The summed E-state index contributed by atoms with van der Waals surface area (Å²) in [4.78, 5) is 14.9. The zero-order valence-corrected chi connectivity index (χ0v) is 11.0. The number of imidazole rings is 1. The second-order valence-electron chi connectivity index (χ2n) is 4.53. The lowest BCUT2D eigenvalue weighted by molar-refractivity contribution is 0.481. The van der Waals surface area contributed by atoms with Gasteiger partial charge in [-0.25, -0.2) is 4.79 Å². The molecule has 2 heterocycles. The Labute approximate surface area is 107 Å². The van der Waals surface area contributed by atoms with Gasteiger partial charge in [-0.05, 0) is 53.5 Å². The van der Waals surface area contributed by atoms with Gasteiger partial charge in [-0.1, -0.05) is 6.07 Å². The molecule has 1 aliphatic rings. The molecule has 0 bridgehead atoms. The van der Waals surface area contributed by atoms with E-state index in [2.05, 4.69) is 26.2 Å². The van der Waals surface area contributed by atoms with Crippen LogP contribution in [0.2, 0.25) is 0 Å². The monoisotopic (exact) mass is 295 g/mol. The Morgan fingerprint density at radius 2 is 2.35 bits per heavy atom. The number of rotatable bonds is 2. The molecule has 3 rings (SSSR count). The average Bonchev–Trinajstić information content (AvgIpc) is 2.91. The highest BCUT2D eigenvalue weighted by Crippen LogP contribution is 2.21. The van der Waals surface area contributed by atoms with Gasteiger partial charge in [0.1, 0.15) is 0 Å². The first kappa shape index (κ1) is 11.0. The number of H-pyrrole nitrogens is 1. The summed E-state index contributed by atoms with van der Waals surface area (Å²) in [6.45, 7) is 2.86. The molecule has 0 aliphatic carbocycles. The van der Waals surface area contributed by atoms with Gasteiger partial charge in [0.15, 0.2) is 0 Å². The molecule has 5 heteroatoms. The molecule has 1 atom stereocenters. The zero-order valence-electron chi connectivity index (χ0n) is 9.37. The van der Waals surface area contributed by atoms with Crippen LogP contribution < -0.4 is 11.0 Å². The van der Waals surface area contributed by atoms with Gasteiger partial charge < -0.3 is 10.3 Å². The van der Waals surface area contributed by atoms with Crippen LogP contribution in [0.25, 0.3) is 11.0 Å². The highest BCUT2D eigenvalue weighted by atomic mass is 79.9. The fraction of sp³-hybridized carbons (Fsp3) is 0.417. The molecule has 1 aromatic carbocycles. The minimum absolute atomic E-state index is 0.0150. The first-order valence-electron chi connectivity index (χ1n) is 5.83. The summed E-state index contributed by atoms with van der Waals surface area (Å²) in [5, 5.41) is 3.33. The van der Waals surface area contributed by atoms with E-state index in [0.29, 0.717) is 5.92 Å². The molecule has 4 nitrogen and oxygen atoms in total. The van der Waals surface area contributed by atoms with E-state index >= 15 is 0 Å². The lowest BCUT2D eigenvalue weighted by atomic mass is 10.1. The molecule has 1 aromatic heterocycles. The number of aromatic nitrogens is 2. The summed E-state index contributed by atoms with van der Waals surface area (Å²) in [5.41, 5.74) is 1.86. The Kier molecular flexibility index (Phi) is 2.80. The quantitative estimate of drug-likeness (QED) is 0.886. The van der Waals surface area contributed by atoms with Crippen LogP contribution in [0.1, 0.15) is 6.42 Å². The van der Waals surface area contributed by atoms with E-state index in [1.165, 1.54) is 0 Å². The van der Waals surface area contributed by atoms with Gasteiger partial charge in [0, 0.05) is 11.0 Å². The molecule has 0 radical (unpaired) electrons. The van der Waals surface area contributed by atoms with E-state index in [4.69, 9.17) is 0 Å². The lowest BCUT2D eigenvalue weighted by Gasteiger charge is -2.09. The van der Waals surface area contributed by atoms with Gasteiger partial charge in [-0.2, -0.15) is 0 Å². The minimum Gasteiger partial charge on any atom is -0.316 e. The third-order valence-electron chi connectivity index (χ3n) is 3.36.